The number of carbonyl (C=O) groups excluding carboxylic acids is 2. The van der Waals surface area contributed by atoms with Gasteiger partial charge in [-0.25, -0.2) is 4.79 Å². The van der Waals surface area contributed by atoms with Crippen LogP contribution in [-0.4, -0.2) is 41.1 Å². The van der Waals surface area contributed by atoms with Crippen molar-refractivity contribution in [3.8, 4) is 0 Å². The van der Waals surface area contributed by atoms with Crippen molar-refractivity contribution in [1.82, 2.24) is 0 Å². The summed E-state index contributed by atoms with van der Waals surface area (Å²) in [4.78, 5) is 24.6. The molecule has 2 aliphatic carbocycles. The molecule has 6 nitrogen and oxygen atoms in total. The fourth-order valence-electron chi connectivity index (χ4n) is 6.91. The summed E-state index contributed by atoms with van der Waals surface area (Å²) in [5.41, 5.74) is -0.377. The highest BCUT2D eigenvalue weighted by Gasteiger charge is 2.73. The highest BCUT2D eigenvalue weighted by molar-refractivity contribution is 5.92. The van der Waals surface area contributed by atoms with E-state index in [0.29, 0.717) is 24.3 Å². The van der Waals surface area contributed by atoms with Gasteiger partial charge in [-0.1, -0.05) is 20.3 Å². The summed E-state index contributed by atoms with van der Waals surface area (Å²) in [6.07, 6.45) is 4.10. The van der Waals surface area contributed by atoms with Gasteiger partial charge in [-0.3, -0.25) is 4.79 Å². The lowest BCUT2D eigenvalue weighted by molar-refractivity contribution is -0.194. The maximum atomic E-state index is 12.5. The lowest BCUT2D eigenvalue weighted by Crippen LogP contribution is -2.62. The van der Waals surface area contributed by atoms with Gasteiger partial charge in [-0.2, -0.15) is 0 Å². The van der Waals surface area contributed by atoms with E-state index in [4.69, 9.17) is 14.2 Å². The first-order valence-electron chi connectivity index (χ1n) is 9.68. The van der Waals surface area contributed by atoms with E-state index < -0.39 is 17.9 Å². The molecule has 0 bridgehead atoms. The van der Waals surface area contributed by atoms with E-state index in [1.165, 1.54) is 6.08 Å². The van der Waals surface area contributed by atoms with Gasteiger partial charge in [0.15, 0.2) is 0 Å². The summed E-state index contributed by atoms with van der Waals surface area (Å²) in [5, 5.41) is 9.63. The van der Waals surface area contributed by atoms with Crippen molar-refractivity contribution in [3.63, 3.8) is 0 Å². The Bertz CT molecular complexity index is 730. The molecule has 8 atom stereocenters. The van der Waals surface area contributed by atoms with E-state index in [0.717, 1.165) is 19.3 Å². The summed E-state index contributed by atoms with van der Waals surface area (Å²) in [7, 11) is 0. The SMILES string of the molecule is C[C@]12[C@@H]3C[C@]4(C)O[C@H](C5=C[C@H](O)OC5=O)C[C@]4(C)[C@@H]1CCC[C@H]2C(=O)O3. The number of hydrogen-bond acceptors (Lipinski definition) is 6. The van der Waals surface area contributed by atoms with Crippen molar-refractivity contribution < 1.29 is 28.9 Å². The molecule has 0 aromatic rings. The molecule has 0 aromatic carbocycles. The van der Waals surface area contributed by atoms with Crippen LogP contribution in [0.15, 0.2) is 11.6 Å². The number of ether oxygens (including phenoxy) is 3. The Labute approximate surface area is 152 Å². The molecule has 0 aromatic heterocycles. The molecule has 4 fully saturated rings. The van der Waals surface area contributed by atoms with Crippen LogP contribution in [0, 0.1) is 22.7 Å². The molecule has 1 N–H and O–H groups in total. The average Bonchev–Trinajstić information content (AvgIpc) is 3.11. The number of carbonyl (C=O) groups is 2. The summed E-state index contributed by atoms with van der Waals surface area (Å²) >= 11 is 0. The number of esters is 2. The molecule has 2 saturated carbocycles. The van der Waals surface area contributed by atoms with Gasteiger partial charge < -0.3 is 19.3 Å². The zero-order chi connectivity index (χ0) is 18.5. The van der Waals surface area contributed by atoms with Gasteiger partial charge >= 0.3 is 11.9 Å². The fraction of sp³-hybridized carbons (Fsp3) is 0.800. The number of cyclic esters (lactones) is 1. The third-order valence-corrected chi connectivity index (χ3v) is 8.42. The molecule has 2 saturated heterocycles. The lowest BCUT2D eigenvalue weighted by atomic mass is 9.44. The molecule has 6 heteroatoms. The second-order valence-electron chi connectivity index (χ2n) is 9.41. The molecule has 5 rings (SSSR count). The third-order valence-electron chi connectivity index (χ3n) is 8.42. The minimum atomic E-state index is -1.18. The van der Waals surface area contributed by atoms with E-state index in [-0.39, 0.29) is 34.9 Å². The van der Waals surface area contributed by atoms with Crippen molar-refractivity contribution in [1.29, 1.82) is 0 Å². The van der Waals surface area contributed by atoms with Crippen LogP contribution in [0.4, 0.5) is 0 Å². The van der Waals surface area contributed by atoms with E-state index in [9.17, 15) is 14.7 Å². The fourth-order valence-corrected chi connectivity index (χ4v) is 6.91. The number of hydrogen-bond donors (Lipinski definition) is 1. The van der Waals surface area contributed by atoms with Crippen LogP contribution in [0.2, 0.25) is 0 Å². The van der Waals surface area contributed by atoms with Crippen molar-refractivity contribution in [3.05, 3.63) is 11.6 Å². The molecule has 3 aliphatic heterocycles. The summed E-state index contributed by atoms with van der Waals surface area (Å²) in [6.45, 7) is 6.57. The van der Waals surface area contributed by atoms with Crippen LogP contribution < -0.4 is 0 Å². The van der Waals surface area contributed by atoms with Gasteiger partial charge in [-0.05, 0) is 38.2 Å². The second-order valence-corrected chi connectivity index (χ2v) is 9.41. The Hall–Kier alpha value is -1.40. The Balaban J connectivity index is 1.55. The van der Waals surface area contributed by atoms with Crippen LogP contribution >= 0.6 is 0 Å². The van der Waals surface area contributed by atoms with E-state index in [1.807, 2.05) is 0 Å². The molecular weight excluding hydrogens is 336 g/mol. The highest BCUT2D eigenvalue weighted by Crippen LogP contribution is 2.70. The predicted octanol–water partition coefficient (Wildman–Crippen LogP) is 2.09. The van der Waals surface area contributed by atoms with Gasteiger partial charge in [-0.15, -0.1) is 0 Å². The maximum Gasteiger partial charge on any atom is 0.339 e. The molecule has 0 unspecified atom stereocenters. The van der Waals surface area contributed by atoms with Gasteiger partial charge in [0.05, 0.1) is 23.2 Å². The normalized spacial score (nSPS) is 55.1. The quantitative estimate of drug-likeness (QED) is 0.720. The van der Waals surface area contributed by atoms with Crippen LogP contribution in [-0.2, 0) is 23.8 Å². The van der Waals surface area contributed by atoms with Crippen molar-refractivity contribution >= 4 is 11.9 Å². The van der Waals surface area contributed by atoms with Crippen molar-refractivity contribution in [2.75, 3.05) is 0 Å². The number of rotatable bonds is 1. The summed E-state index contributed by atoms with van der Waals surface area (Å²) in [6, 6.07) is 0. The number of aliphatic hydroxyl groups excluding tert-OH is 1. The first-order valence-corrected chi connectivity index (χ1v) is 9.68. The van der Waals surface area contributed by atoms with E-state index >= 15 is 0 Å². The van der Waals surface area contributed by atoms with E-state index in [2.05, 4.69) is 20.8 Å². The Morgan fingerprint density at radius 1 is 1.12 bits per heavy atom. The van der Waals surface area contributed by atoms with Crippen LogP contribution in [0.1, 0.15) is 52.9 Å². The third kappa shape index (κ3) is 1.80. The molecule has 0 radical (unpaired) electrons. The highest BCUT2D eigenvalue weighted by atomic mass is 16.6. The Kier molecular flexibility index (Phi) is 3.16. The van der Waals surface area contributed by atoms with Crippen LogP contribution in [0.3, 0.4) is 0 Å². The van der Waals surface area contributed by atoms with Crippen molar-refractivity contribution in [2.24, 2.45) is 22.7 Å². The predicted molar refractivity (Wildman–Crippen MR) is 89.6 cm³/mol. The van der Waals surface area contributed by atoms with Crippen LogP contribution in [0.25, 0.3) is 0 Å². The number of fused-ring (bicyclic) bond motifs is 2. The van der Waals surface area contributed by atoms with Gasteiger partial charge in [0.25, 0.3) is 0 Å². The Morgan fingerprint density at radius 2 is 1.88 bits per heavy atom. The average molecular weight is 362 g/mol. The standard InChI is InChI=1S/C20H26O6/c1-18-8-12(10-7-15(21)25-16(10)22)26-19(18,2)9-14-20(3)11(17(23)24-14)5-4-6-13(18)20/h7,11-15,21H,4-6,8-9H2,1-3H3/t11-,12-,13-,14-,15+,18+,19-,20+/m0/s1. The van der Waals surface area contributed by atoms with Gasteiger partial charge in [0, 0.05) is 17.3 Å². The first-order chi connectivity index (χ1) is 12.2. The van der Waals surface area contributed by atoms with E-state index in [1.54, 1.807) is 0 Å². The Morgan fingerprint density at radius 3 is 2.58 bits per heavy atom. The zero-order valence-corrected chi connectivity index (χ0v) is 15.5. The lowest BCUT2D eigenvalue weighted by Gasteiger charge is -2.60. The molecule has 26 heavy (non-hydrogen) atoms. The largest absolute Gasteiger partial charge is 0.461 e. The summed E-state index contributed by atoms with van der Waals surface area (Å²) < 4.78 is 17.2. The monoisotopic (exact) mass is 362 g/mol. The smallest absolute Gasteiger partial charge is 0.339 e. The minimum Gasteiger partial charge on any atom is -0.461 e. The molecule has 0 spiro atoms. The molecule has 5 aliphatic rings. The molecule has 0 amide bonds. The molecule has 3 heterocycles. The van der Waals surface area contributed by atoms with Gasteiger partial charge in [0.1, 0.15) is 6.10 Å². The minimum absolute atomic E-state index is 0.0239. The molecular formula is C20H26O6. The topological polar surface area (TPSA) is 82.1 Å². The van der Waals surface area contributed by atoms with Crippen molar-refractivity contribution in [2.45, 2.75) is 77.0 Å². The van der Waals surface area contributed by atoms with Crippen LogP contribution in [0.5, 0.6) is 0 Å². The molecule has 142 valence electrons. The zero-order valence-electron chi connectivity index (χ0n) is 15.5. The first kappa shape index (κ1) is 16.8. The maximum absolute atomic E-state index is 12.5. The number of aliphatic hydroxyl groups is 1. The second kappa shape index (κ2) is 4.90. The van der Waals surface area contributed by atoms with Gasteiger partial charge in [0.2, 0.25) is 6.29 Å². The summed E-state index contributed by atoms with van der Waals surface area (Å²) in [5.74, 6) is -0.259.